The van der Waals surface area contributed by atoms with Crippen LogP contribution in [0.15, 0.2) is 91.0 Å². The molecule has 2 N–H and O–H groups in total. The number of benzene rings is 4. The van der Waals surface area contributed by atoms with Crippen molar-refractivity contribution in [2.75, 3.05) is 0 Å². The molecule has 1 aromatic heterocycles. The van der Waals surface area contributed by atoms with Gasteiger partial charge in [-0.25, -0.2) is 0 Å². The zero-order valence-corrected chi connectivity index (χ0v) is 18.0. The Balaban J connectivity index is 1.74. The molecule has 0 aliphatic rings. The van der Waals surface area contributed by atoms with Gasteiger partial charge in [0, 0.05) is 16.5 Å². The lowest BCUT2D eigenvalue weighted by atomic mass is 10.0. The van der Waals surface area contributed by atoms with Crippen molar-refractivity contribution in [3.05, 3.63) is 96.6 Å². The average Bonchev–Trinajstić information content (AvgIpc) is 3.12. The number of hydrogen-bond donors (Lipinski definition) is 2. The third kappa shape index (κ3) is 3.49. The van der Waals surface area contributed by atoms with Gasteiger partial charge in [-0.1, -0.05) is 61.5 Å². The maximum absolute atomic E-state index is 11.7. The summed E-state index contributed by atoms with van der Waals surface area (Å²) in [6.45, 7) is 2.16. The van der Waals surface area contributed by atoms with E-state index in [1.807, 2.05) is 24.3 Å². The first-order valence-electron chi connectivity index (χ1n) is 10.2. The number of para-hydroxylation sites is 1. The Morgan fingerprint density at radius 3 is 2.23 bits per heavy atom. The standard InChI is InChI=1S/C26H22NO3P/c1-2-18-13-14-24-23-11-3-4-12-25(23)27(26(24)15-18)21-9-5-7-19(16-21)20-8-6-10-22(17-20)31(28,29)30/h3-17H,2H2,1H3,(H2,28,29,30). The van der Waals surface area contributed by atoms with Crippen LogP contribution in [0.25, 0.3) is 38.6 Å². The van der Waals surface area contributed by atoms with E-state index in [9.17, 15) is 14.4 Å². The Morgan fingerprint density at radius 1 is 0.742 bits per heavy atom. The van der Waals surface area contributed by atoms with E-state index < -0.39 is 7.60 Å². The first-order valence-corrected chi connectivity index (χ1v) is 11.9. The van der Waals surface area contributed by atoms with Crippen LogP contribution in [0.3, 0.4) is 0 Å². The minimum Gasteiger partial charge on any atom is -0.321 e. The van der Waals surface area contributed by atoms with Gasteiger partial charge >= 0.3 is 7.60 Å². The van der Waals surface area contributed by atoms with Crippen LogP contribution in [0.1, 0.15) is 12.5 Å². The average molecular weight is 427 g/mol. The smallest absolute Gasteiger partial charge is 0.321 e. The Hall–Kier alpha value is -3.17. The van der Waals surface area contributed by atoms with E-state index in [0.29, 0.717) is 0 Å². The van der Waals surface area contributed by atoms with Crippen molar-refractivity contribution in [3.8, 4) is 16.8 Å². The van der Waals surface area contributed by atoms with Gasteiger partial charge in [0.2, 0.25) is 0 Å². The molecule has 0 unspecified atom stereocenters. The van der Waals surface area contributed by atoms with Crippen LogP contribution < -0.4 is 5.30 Å². The van der Waals surface area contributed by atoms with Crippen LogP contribution in [0, 0.1) is 0 Å². The molecule has 1 heterocycles. The number of nitrogens with zero attached hydrogens (tertiary/aromatic N) is 1. The Bertz CT molecular complexity index is 1480. The Labute approximate surface area is 180 Å². The molecule has 4 nitrogen and oxygen atoms in total. The second-order valence-electron chi connectivity index (χ2n) is 7.70. The molecular formula is C26H22NO3P. The topological polar surface area (TPSA) is 62.5 Å². The summed E-state index contributed by atoms with van der Waals surface area (Å²) in [5.74, 6) is 0. The molecule has 0 saturated carbocycles. The van der Waals surface area contributed by atoms with E-state index >= 15 is 0 Å². The monoisotopic (exact) mass is 427 g/mol. The molecule has 0 amide bonds. The number of hydrogen-bond acceptors (Lipinski definition) is 1. The van der Waals surface area contributed by atoms with Crippen molar-refractivity contribution in [3.63, 3.8) is 0 Å². The molecule has 0 atom stereocenters. The highest BCUT2D eigenvalue weighted by molar-refractivity contribution is 7.60. The molecule has 0 bridgehead atoms. The molecule has 154 valence electrons. The molecule has 0 spiro atoms. The molecule has 5 rings (SSSR count). The zero-order chi connectivity index (χ0) is 21.6. The lowest BCUT2D eigenvalue weighted by Crippen LogP contribution is -2.03. The summed E-state index contributed by atoms with van der Waals surface area (Å²) in [7, 11) is -4.30. The quantitative estimate of drug-likeness (QED) is 0.356. The van der Waals surface area contributed by atoms with Gasteiger partial charge in [-0.05, 0) is 59.5 Å². The second-order valence-corrected chi connectivity index (χ2v) is 9.31. The second kappa shape index (κ2) is 7.51. The van der Waals surface area contributed by atoms with Crippen LogP contribution >= 0.6 is 7.60 Å². The minimum absolute atomic E-state index is 0.0276. The lowest BCUT2D eigenvalue weighted by Gasteiger charge is -2.12. The summed E-state index contributed by atoms with van der Waals surface area (Å²) in [5, 5.41) is 2.44. The number of aromatic nitrogens is 1. The van der Waals surface area contributed by atoms with Crippen molar-refractivity contribution in [1.82, 2.24) is 4.57 Å². The van der Waals surface area contributed by atoms with Gasteiger partial charge in [-0.3, -0.25) is 4.57 Å². The predicted octanol–water partition coefficient (Wildman–Crippen LogP) is 5.82. The molecular weight excluding hydrogens is 405 g/mol. The van der Waals surface area contributed by atoms with Crippen LogP contribution in [0.2, 0.25) is 0 Å². The number of rotatable bonds is 4. The number of fused-ring (bicyclic) bond motifs is 3. The molecule has 5 aromatic rings. The normalized spacial score (nSPS) is 12.0. The van der Waals surface area contributed by atoms with E-state index in [1.165, 1.54) is 22.4 Å². The first kappa shape index (κ1) is 19.8. The number of aryl methyl sites for hydroxylation is 1. The maximum atomic E-state index is 11.7. The van der Waals surface area contributed by atoms with E-state index in [-0.39, 0.29) is 5.30 Å². The first-order chi connectivity index (χ1) is 15.0. The van der Waals surface area contributed by atoms with Crippen LogP contribution in [0.4, 0.5) is 0 Å². The van der Waals surface area contributed by atoms with Crippen LogP contribution in [-0.4, -0.2) is 14.4 Å². The fraction of sp³-hybridized carbons (Fsp3) is 0.0769. The summed E-state index contributed by atoms with van der Waals surface area (Å²) in [6.07, 6.45) is 0.965. The zero-order valence-electron chi connectivity index (χ0n) is 17.1. The third-order valence-corrected chi connectivity index (χ3v) is 6.72. The highest BCUT2D eigenvalue weighted by atomic mass is 31.2. The van der Waals surface area contributed by atoms with Crippen molar-refractivity contribution >= 4 is 34.7 Å². The Kier molecular flexibility index (Phi) is 4.79. The largest absolute Gasteiger partial charge is 0.356 e. The van der Waals surface area contributed by atoms with Crippen molar-refractivity contribution in [1.29, 1.82) is 0 Å². The Morgan fingerprint density at radius 2 is 1.45 bits per heavy atom. The van der Waals surface area contributed by atoms with Crippen molar-refractivity contribution in [2.24, 2.45) is 0 Å². The lowest BCUT2D eigenvalue weighted by molar-refractivity contribution is 0.387. The molecule has 0 fully saturated rings. The highest BCUT2D eigenvalue weighted by Crippen LogP contribution is 2.36. The van der Waals surface area contributed by atoms with E-state index in [2.05, 4.69) is 60.0 Å². The van der Waals surface area contributed by atoms with Gasteiger partial charge < -0.3 is 14.4 Å². The third-order valence-electron chi connectivity index (χ3n) is 5.77. The predicted molar refractivity (Wildman–Crippen MR) is 127 cm³/mol. The summed E-state index contributed by atoms with van der Waals surface area (Å²) >= 11 is 0. The van der Waals surface area contributed by atoms with E-state index in [4.69, 9.17) is 0 Å². The molecule has 0 saturated heterocycles. The fourth-order valence-corrected chi connectivity index (χ4v) is 4.79. The fourth-order valence-electron chi connectivity index (χ4n) is 4.21. The van der Waals surface area contributed by atoms with Crippen molar-refractivity contribution < 1.29 is 14.4 Å². The summed E-state index contributed by atoms with van der Waals surface area (Å²) < 4.78 is 14.0. The molecule has 31 heavy (non-hydrogen) atoms. The van der Waals surface area contributed by atoms with E-state index in [1.54, 1.807) is 12.1 Å². The molecule has 0 aliphatic heterocycles. The van der Waals surface area contributed by atoms with Gasteiger partial charge in [0.15, 0.2) is 0 Å². The molecule has 4 aromatic carbocycles. The highest BCUT2D eigenvalue weighted by Gasteiger charge is 2.18. The van der Waals surface area contributed by atoms with Gasteiger partial charge in [-0.2, -0.15) is 0 Å². The summed E-state index contributed by atoms with van der Waals surface area (Å²) in [5.41, 5.74) is 6.26. The SMILES string of the molecule is CCc1ccc2c3ccccc3n(-c3cccc(-c4cccc(P(=O)(O)O)c4)c3)c2c1. The van der Waals surface area contributed by atoms with Crippen molar-refractivity contribution in [2.45, 2.75) is 13.3 Å². The van der Waals surface area contributed by atoms with Gasteiger partial charge in [0.05, 0.1) is 16.3 Å². The van der Waals surface area contributed by atoms with Crippen LogP contribution in [-0.2, 0) is 11.0 Å². The van der Waals surface area contributed by atoms with Gasteiger partial charge in [-0.15, -0.1) is 0 Å². The van der Waals surface area contributed by atoms with Crippen LogP contribution in [0.5, 0.6) is 0 Å². The van der Waals surface area contributed by atoms with E-state index in [0.717, 1.165) is 34.3 Å². The molecule has 5 heteroatoms. The van der Waals surface area contributed by atoms with Gasteiger partial charge in [0.25, 0.3) is 0 Å². The molecule has 0 aliphatic carbocycles. The molecule has 0 radical (unpaired) electrons. The summed E-state index contributed by atoms with van der Waals surface area (Å²) in [4.78, 5) is 19.1. The maximum Gasteiger partial charge on any atom is 0.356 e. The summed E-state index contributed by atoms with van der Waals surface area (Å²) in [6, 6.07) is 29.7. The minimum atomic E-state index is -4.30. The van der Waals surface area contributed by atoms with Gasteiger partial charge in [0.1, 0.15) is 0 Å².